The molecule has 0 radical (unpaired) electrons. The second kappa shape index (κ2) is 6.89. The maximum Gasteiger partial charge on any atom is 0.126 e. The first kappa shape index (κ1) is 17.5. The monoisotopic (exact) mass is 450 g/mol. The van der Waals surface area contributed by atoms with E-state index in [1.165, 1.54) is 45.0 Å². The Hall–Kier alpha value is -3.30. The highest BCUT2D eigenvalue weighted by atomic mass is 79.9. The number of halogens is 1. The highest BCUT2D eigenvalue weighted by molar-refractivity contribution is 9.10. The molecule has 0 spiro atoms. The van der Waals surface area contributed by atoms with Crippen LogP contribution in [0.1, 0.15) is 5.69 Å². The summed E-state index contributed by atoms with van der Waals surface area (Å²) >= 11 is 3.57. The number of benzene rings is 3. The summed E-state index contributed by atoms with van der Waals surface area (Å²) in [6.45, 7) is 0.864. The van der Waals surface area contributed by atoms with E-state index in [2.05, 4.69) is 128 Å². The highest BCUT2D eigenvalue weighted by Crippen LogP contribution is 2.47. The number of aromatic nitrogens is 1. The normalized spacial score (nSPS) is 12.6. The van der Waals surface area contributed by atoms with Gasteiger partial charge in [-0.15, -0.1) is 0 Å². The largest absolute Gasteiger partial charge is 0.321 e. The third-order valence-electron chi connectivity index (χ3n) is 5.85. The summed E-state index contributed by atoms with van der Waals surface area (Å²) in [4.78, 5) is 2.43. The van der Waals surface area contributed by atoms with Crippen LogP contribution in [-0.2, 0) is 6.54 Å². The fraction of sp³-hybridized carbons (Fsp3) is 0.0370. The molecule has 0 aliphatic carbocycles. The average molecular weight is 451 g/mol. The molecule has 1 aliphatic heterocycles. The Bertz CT molecular complexity index is 1350. The molecule has 3 heteroatoms. The Morgan fingerprint density at radius 2 is 1.33 bits per heavy atom. The van der Waals surface area contributed by atoms with Crippen molar-refractivity contribution in [1.29, 1.82) is 0 Å². The average Bonchev–Trinajstić information content (AvgIpc) is 3.38. The Labute approximate surface area is 184 Å². The van der Waals surface area contributed by atoms with Crippen LogP contribution in [0.2, 0.25) is 0 Å². The van der Waals surface area contributed by atoms with Crippen LogP contribution in [0.4, 0.5) is 11.5 Å². The number of rotatable bonds is 3. The van der Waals surface area contributed by atoms with E-state index in [-0.39, 0.29) is 0 Å². The molecule has 6 rings (SSSR count). The number of nitrogens with zero attached hydrogens (tertiary/aromatic N) is 2. The van der Waals surface area contributed by atoms with Crippen LogP contribution in [-0.4, -0.2) is 4.40 Å². The van der Waals surface area contributed by atoms with Crippen LogP contribution in [0, 0.1) is 0 Å². The molecule has 144 valence electrons. The number of anilines is 2. The van der Waals surface area contributed by atoms with Gasteiger partial charge in [0.2, 0.25) is 0 Å². The Morgan fingerprint density at radius 3 is 2.03 bits per heavy atom. The molecule has 2 nitrogen and oxygen atoms in total. The molecular formula is C27H19BrN2. The predicted molar refractivity (Wildman–Crippen MR) is 128 cm³/mol. The van der Waals surface area contributed by atoms with Crippen LogP contribution in [0.5, 0.6) is 0 Å². The van der Waals surface area contributed by atoms with Gasteiger partial charge in [0.25, 0.3) is 0 Å². The van der Waals surface area contributed by atoms with Crippen molar-refractivity contribution in [2.75, 3.05) is 4.90 Å². The standard InChI is InChI=1S/C27H19BrN2/c28-21-11-13-22(14-12-21)29-18-24-16-15-23-17-25(19-7-3-1-4-8-19)26(27(29)30(23)24)20-9-5-2-6-10-20/h1-17H,18H2. The molecule has 0 fully saturated rings. The summed E-state index contributed by atoms with van der Waals surface area (Å²) < 4.78 is 3.51. The zero-order valence-corrected chi connectivity index (χ0v) is 17.9. The van der Waals surface area contributed by atoms with Crippen LogP contribution in [0.15, 0.2) is 108 Å². The van der Waals surface area contributed by atoms with Gasteiger partial charge >= 0.3 is 0 Å². The zero-order valence-electron chi connectivity index (χ0n) is 16.3. The molecule has 0 saturated carbocycles. The van der Waals surface area contributed by atoms with Gasteiger partial charge in [-0.05, 0) is 59.2 Å². The first-order chi connectivity index (χ1) is 14.8. The van der Waals surface area contributed by atoms with Gasteiger partial charge in [-0.3, -0.25) is 4.40 Å². The molecule has 0 amide bonds. The maximum atomic E-state index is 3.57. The minimum Gasteiger partial charge on any atom is -0.321 e. The fourth-order valence-electron chi connectivity index (χ4n) is 4.51. The van der Waals surface area contributed by atoms with Gasteiger partial charge in [-0.2, -0.15) is 0 Å². The molecule has 30 heavy (non-hydrogen) atoms. The molecule has 0 atom stereocenters. The maximum absolute atomic E-state index is 3.57. The lowest BCUT2D eigenvalue weighted by atomic mass is 9.94. The van der Waals surface area contributed by atoms with E-state index in [0.29, 0.717) is 0 Å². The topological polar surface area (TPSA) is 7.65 Å². The van der Waals surface area contributed by atoms with E-state index in [1.54, 1.807) is 0 Å². The van der Waals surface area contributed by atoms with Crippen LogP contribution in [0.25, 0.3) is 27.8 Å². The lowest BCUT2D eigenvalue weighted by Crippen LogP contribution is -2.13. The molecule has 3 aromatic carbocycles. The minimum atomic E-state index is 0.864. The number of hydrogen-bond donors (Lipinski definition) is 0. The van der Waals surface area contributed by atoms with Gasteiger partial charge in [-0.1, -0.05) is 76.6 Å². The van der Waals surface area contributed by atoms with Crippen molar-refractivity contribution in [2.24, 2.45) is 0 Å². The van der Waals surface area contributed by atoms with Gasteiger partial charge in [0, 0.05) is 26.9 Å². The molecule has 1 aliphatic rings. The molecule has 5 aromatic rings. The fourth-order valence-corrected chi connectivity index (χ4v) is 4.77. The lowest BCUT2D eigenvalue weighted by molar-refractivity contribution is 1.02. The van der Waals surface area contributed by atoms with Gasteiger partial charge in [0.1, 0.15) is 5.82 Å². The van der Waals surface area contributed by atoms with Crippen LogP contribution in [0.3, 0.4) is 0 Å². The molecule has 3 heterocycles. The van der Waals surface area contributed by atoms with Crippen LogP contribution >= 0.6 is 15.9 Å². The summed E-state index contributed by atoms with van der Waals surface area (Å²) in [5.41, 5.74) is 8.76. The second-order valence-corrected chi connectivity index (χ2v) is 8.55. The van der Waals surface area contributed by atoms with Crippen molar-refractivity contribution in [3.8, 4) is 22.3 Å². The predicted octanol–water partition coefficient (Wildman–Crippen LogP) is 7.69. The van der Waals surface area contributed by atoms with Gasteiger partial charge in [0.15, 0.2) is 0 Å². The van der Waals surface area contributed by atoms with E-state index in [4.69, 9.17) is 0 Å². The highest BCUT2D eigenvalue weighted by Gasteiger charge is 2.29. The summed E-state index contributed by atoms with van der Waals surface area (Å²) in [7, 11) is 0. The van der Waals surface area contributed by atoms with Crippen molar-refractivity contribution in [2.45, 2.75) is 6.54 Å². The zero-order chi connectivity index (χ0) is 20.1. The quantitative estimate of drug-likeness (QED) is 0.273. The van der Waals surface area contributed by atoms with Crippen molar-refractivity contribution in [3.05, 3.63) is 113 Å². The van der Waals surface area contributed by atoms with E-state index in [0.717, 1.165) is 11.0 Å². The first-order valence-electron chi connectivity index (χ1n) is 10.1. The molecule has 0 saturated heterocycles. The smallest absolute Gasteiger partial charge is 0.126 e. The van der Waals surface area contributed by atoms with E-state index in [1.807, 2.05) is 0 Å². The van der Waals surface area contributed by atoms with E-state index >= 15 is 0 Å². The van der Waals surface area contributed by atoms with E-state index < -0.39 is 0 Å². The molecule has 0 bridgehead atoms. The van der Waals surface area contributed by atoms with Crippen molar-refractivity contribution in [3.63, 3.8) is 0 Å². The van der Waals surface area contributed by atoms with Gasteiger partial charge in [0.05, 0.1) is 6.54 Å². The molecule has 0 N–H and O–H groups in total. The number of pyridine rings is 1. The Kier molecular flexibility index (Phi) is 4.03. The van der Waals surface area contributed by atoms with Crippen LogP contribution < -0.4 is 4.90 Å². The molecule has 2 aromatic heterocycles. The Morgan fingerprint density at radius 1 is 0.667 bits per heavy atom. The molecular weight excluding hydrogens is 432 g/mol. The third kappa shape index (κ3) is 2.70. The summed E-state index contributed by atoms with van der Waals surface area (Å²) in [5.74, 6) is 1.24. The van der Waals surface area contributed by atoms with E-state index in [9.17, 15) is 0 Å². The van der Waals surface area contributed by atoms with Crippen molar-refractivity contribution in [1.82, 2.24) is 4.40 Å². The summed E-state index contributed by atoms with van der Waals surface area (Å²) in [6, 6.07) is 36.9. The summed E-state index contributed by atoms with van der Waals surface area (Å²) in [6.07, 6.45) is 0. The van der Waals surface area contributed by atoms with Crippen molar-refractivity contribution < 1.29 is 0 Å². The molecule has 0 unspecified atom stereocenters. The summed E-state index contributed by atoms with van der Waals surface area (Å²) in [5, 5.41) is 0. The lowest BCUT2D eigenvalue weighted by Gasteiger charge is -2.24. The Balaban J connectivity index is 1.70. The van der Waals surface area contributed by atoms with Gasteiger partial charge in [-0.25, -0.2) is 0 Å². The minimum absolute atomic E-state index is 0.864. The van der Waals surface area contributed by atoms with Crippen molar-refractivity contribution >= 4 is 33.0 Å². The SMILES string of the molecule is Brc1ccc(N2Cc3ccc4cc(-c5ccccc5)c(-c5ccccc5)c2n34)cc1. The first-order valence-corrected chi connectivity index (χ1v) is 10.9. The van der Waals surface area contributed by atoms with Gasteiger partial charge < -0.3 is 4.90 Å². The number of hydrogen-bond acceptors (Lipinski definition) is 1. The third-order valence-corrected chi connectivity index (χ3v) is 6.38. The second-order valence-electron chi connectivity index (χ2n) is 7.64.